The Labute approximate surface area is 126 Å². The topological polar surface area (TPSA) is 95.2 Å². The molecule has 22 heavy (non-hydrogen) atoms. The lowest BCUT2D eigenvalue weighted by Gasteiger charge is -2.13. The van der Waals surface area contributed by atoms with Crippen LogP contribution in [0.25, 0.3) is 0 Å². The zero-order valence-corrected chi connectivity index (χ0v) is 11.7. The van der Waals surface area contributed by atoms with Crippen molar-refractivity contribution in [3.05, 3.63) is 53.3 Å². The number of carbonyl (C=O) groups is 3. The first-order chi connectivity index (χ1) is 10.7. The zero-order chi connectivity index (χ0) is 15.5. The molecule has 2 heterocycles. The van der Waals surface area contributed by atoms with Gasteiger partial charge in [0.15, 0.2) is 0 Å². The number of imide groups is 1. The van der Waals surface area contributed by atoms with E-state index in [0.717, 1.165) is 10.6 Å². The molecule has 0 fully saturated rings. The van der Waals surface area contributed by atoms with Crippen LogP contribution in [-0.4, -0.2) is 45.9 Å². The Hall–Kier alpha value is -2.96. The van der Waals surface area contributed by atoms with E-state index in [1.165, 1.54) is 0 Å². The average Bonchev–Trinajstić information content (AvgIpc) is 3.11. The van der Waals surface area contributed by atoms with Gasteiger partial charge in [-0.2, -0.15) is 5.10 Å². The van der Waals surface area contributed by atoms with Gasteiger partial charge in [-0.25, -0.2) is 0 Å². The number of carbonyl (C=O) groups excluding carboxylic acids is 3. The molecular weight excluding hydrogens is 284 g/mol. The van der Waals surface area contributed by atoms with Crippen molar-refractivity contribution in [3.63, 3.8) is 0 Å². The summed E-state index contributed by atoms with van der Waals surface area (Å²) in [6, 6.07) is 8.38. The number of amides is 3. The van der Waals surface area contributed by atoms with Crippen molar-refractivity contribution in [2.75, 3.05) is 13.1 Å². The molecule has 2 N–H and O–H groups in total. The van der Waals surface area contributed by atoms with Crippen molar-refractivity contribution >= 4 is 17.7 Å². The van der Waals surface area contributed by atoms with Crippen LogP contribution in [0, 0.1) is 0 Å². The van der Waals surface area contributed by atoms with E-state index < -0.39 is 11.8 Å². The molecule has 0 radical (unpaired) electrons. The summed E-state index contributed by atoms with van der Waals surface area (Å²) in [5.41, 5.74) is 1.59. The summed E-state index contributed by atoms with van der Waals surface area (Å²) in [6.45, 7) is 0.138. The minimum absolute atomic E-state index is 0.269. The summed E-state index contributed by atoms with van der Waals surface area (Å²) >= 11 is 0. The first-order valence-corrected chi connectivity index (χ1v) is 6.87. The lowest BCUT2D eigenvalue weighted by molar-refractivity contribution is -0.121. The smallest absolute Gasteiger partial charge is 0.262 e. The Kier molecular flexibility index (Phi) is 3.69. The Morgan fingerprint density at radius 1 is 1.14 bits per heavy atom. The third kappa shape index (κ3) is 2.60. The number of aromatic nitrogens is 2. The number of fused-ring (bicyclic) bond motifs is 1. The first-order valence-electron chi connectivity index (χ1n) is 6.87. The van der Waals surface area contributed by atoms with Crippen LogP contribution >= 0.6 is 0 Å². The van der Waals surface area contributed by atoms with Gasteiger partial charge in [-0.05, 0) is 18.2 Å². The van der Waals surface area contributed by atoms with Crippen molar-refractivity contribution in [3.8, 4) is 0 Å². The standard InChI is InChI=1S/C15H14N4O3/c20-13(16-7-5-10-6-8-17-18-10)9-19-14(21)11-3-1-2-4-12(11)15(19)22/h1-4,6,8H,5,7,9H2,(H,16,20)(H,17,18). The van der Waals surface area contributed by atoms with Gasteiger partial charge in [0.2, 0.25) is 5.91 Å². The van der Waals surface area contributed by atoms with E-state index in [1.54, 1.807) is 30.5 Å². The molecule has 0 unspecified atom stereocenters. The van der Waals surface area contributed by atoms with Crippen LogP contribution in [0.1, 0.15) is 26.4 Å². The van der Waals surface area contributed by atoms with E-state index in [9.17, 15) is 14.4 Å². The van der Waals surface area contributed by atoms with Gasteiger partial charge < -0.3 is 5.32 Å². The molecule has 3 amide bonds. The number of benzene rings is 1. The molecule has 112 valence electrons. The fraction of sp³-hybridized carbons (Fsp3) is 0.200. The fourth-order valence-corrected chi connectivity index (χ4v) is 2.34. The number of aromatic amines is 1. The molecule has 1 aliphatic heterocycles. The zero-order valence-electron chi connectivity index (χ0n) is 11.7. The number of nitrogens with zero attached hydrogens (tertiary/aromatic N) is 2. The van der Waals surface area contributed by atoms with Crippen molar-refractivity contribution in [1.29, 1.82) is 0 Å². The molecule has 1 aromatic heterocycles. The SMILES string of the molecule is O=C(CN1C(=O)c2ccccc2C1=O)NCCc1ccn[nH]1. The van der Waals surface area contributed by atoms with Gasteiger partial charge in [-0.3, -0.25) is 24.4 Å². The highest BCUT2D eigenvalue weighted by Crippen LogP contribution is 2.21. The maximum atomic E-state index is 12.1. The van der Waals surface area contributed by atoms with Crippen LogP contribution in [-0.2, 0) is 11.2 Å². The quantitative estimate of drug-likeness (QED) is 0.779. The van der Waals surface area contributed by atoms with E-state index >= 15 is 0 Å². The maximum absolute atomic E-state index is 12.1. The van der Waals surface area contributed by atoms with Gasteiger partial charge in [0.1, 0.15) is 6.54 Å². The van der Waals surface area contributed by atoms with Crippen molar-refractivity contribution in [2.24, 2.45) is 0 Å². The second-order valence-corrected chi connectivity index (χ2v) is 4.92. The molecular formula is C15H14N4O3. The highest BCUT2D eigenvalue weighted by Gasteiger charge is 2.36. The molecule has 7 heteroatoms. The first kappa shape index (κ1) is 14.0. The van der Waals surface area contributed by atoms with E-state index in [4.69, 9.17) is 0 Å². The largest absolute Gasteiger partial charge is 0.354 e. The minimum Gasteiger partial charge on any atom is -0.354 e. The molecule has 3 rings (SSSR count). The van der Waals surface area contributed by atoms with Crippen molar-refractivity contribution in [2.45, 2.75) is 6.42 Å². The Bertz CT molecular complexity index is 689. The van der Waals surface area contributed by atoms with Crippen LogP contribution in [0.5, 0.6) is 0 Å². The molecule has 1 aliphatic rings. The molecule has 0 bridgehead atoms. The van der Waals surface area contributed by atoms with Crippen LogP contribution in [0.2, 0.25) is 0 Å². The normalized spacial score (nSPS) is 13.4. The van der Waals surface area contributed by atoms with Crippen LogP contribution < -0.4 is 5.32 Å². The molecule has 1 aromatic carbocycles. The van der Waals surface area contributed by atoms with E-state index in [0.29, 0.717) is 24.1 Å². The van der Waals surface area contributed by atoms with Crippen LogP contribution in [0.4, 0.5) is 0 Å². The van der Waals surface area contributed by atoms with E-state index in [1.807, 2.05) is 6.07 Å². The maximum Gasteiger partial charge on any atom is 0.262 e. The number of nitrogens with one attached hydrogen (secondary N) is 2. The third-order valence-electron chi connectivity index (χ3n) is 3.45. The predicted octanol–water partition coefficient (Wildman–Crippen LogP) is 0.365. The van der Waals surface area contributed by atoms with Gasteiger partial charge in [0, 0.05) is 24.9 Å². The Morgan fingerprint density at radius 3 is 2.41 bits per heavy atom. The molecule has 0 saturated carbocycles. The van der Waals surface area contributed by atoms with Gasteiger partial charge in [0.05, 0.1) is 11.1 Å². The van der Waals surface area contributed by atoms with E-state index in [-0.39, 0.29) is 12.5 Å². The highest BCUT2D eigenvalue weighted by molar-refractivity contribution is 6.22. The van der Waals surface area contributed by atoms with Gasteiger partial charge in [-0.15, -0.1) is 0 Å². The van der Waals surface area contributed by atoms with Crippen LogP contribution in [0.15, 0.2) is 36.5 Å². The highest BCUT2D eigenvalue weighted by atomic mass is 16.2. The predicted molar refractivity (Wildman–Crippen MR) is 77.1 cm³/mol. The summed E-state index contributed by atoms with van der Waals surface area (Å²) in [5, 5.41) is 9.28. The number of H-pyrrole nitrogens is 1. The number of hydrogen-bond donors (Lipinski definition) is 2. The Balaban J connectivity index is 1.56. The summed E-state index contributed by atoms with van der Waals surface area (Å²) in [7, 11) is 0. The molecule has 0 saturated heterocycles. The van der Waals surface area contributed by atoms with Crippen molar-refractivity contribution in [1.82, 2.24) is 20.4 Å². The average molecular weight is 298 g/mol. The van der Waals surface area contributed by atoms with Gasteiger partial charge in [-0.1, -0.05) is 12.1 Å². The van der Waals surface area contributed by atoms with Gasteiger partial charge in [0.25, 0.3) is 11.8 Å². The molecule has 0 atom stereocenters. The number of rotatable bonds is 5. The monoisotopic (exact) mass is 298 g/mol. The summed E-state index contributed by atoms with van der Waals surface area (Å²) in [4.78, 5) is 37.1. The fourth-order valence-electron chi connectivity index (χ4n) is 2.34. The minimum atomic E-state index is -0.427. The van der Waals surface area contributed by atoms with Gasteiger partial charge >= 0.3 is 0 Å². The lowest BCUT2D eigenvalue weighted by atomic mass is 10.1. The third-order valence-corrected chi connectivity index (χ3v) is 3.45. The number of hydrogen-bond acceptors (Lipinski definition) is 4. The summed E-state index contributed by atoms with van der Waals surface area (Å²) < 4.78 is 0. The second kappa shape index (κ2) is 5.80. The summed E-state index contributed by atoms with van der Waals surface area (Å²) in [6.07, 6.45) is 2.24. The molecule has 7 nitrogen and oxygen atoms in total. The lowest BCUT2D eigenvalue weighted by Crippen LogP contribution is -2.40. The second-order valence-electron chi connectivity index (χ2n) is 4.92. The molecule has 2 aromatic rings. The van der Waals surface area contributed by atoms with Crippen molar-refractivity contribution < 1.29 is 14.4 Å². The Morgan fingerprint density at radius 2 is 1.82 bits per heavy atom. The molecule has 0 spiro atoms. The van der Waals surface area contributed by atoms with Crippen LogP contribution in [0.3, 0.4) is 0 Å². The molecule has 0 aliphatic carbocycles. The van der Waals surface area contributed by atoms with E-state index in [2.05, 4.69) is 15.5 Å². The summed E-state index contributed by atoms with van der Waals surface area (Å²) in [5.74, 6) is -1.22.